The fourth-order valence-electron chi connectivity index (χ4n) is 3.64. The van der Waals surface area contributed by atoms with Gasteiger partial charge in [-0.25, -0.2) is 9.37 Å². The van der Waals surface area contributed by atoms with E-state index in [4.69, 9.17) is 0 Å². The number of likely N-dealkylation sites (tertiary alicyclic amines) is 1. The average molecular weight is 393 g/mol. The number of aromatic amines is 1. The first-order chi connectivity index (χ1) is 14.0. The fraction of sp³-hybridized carbons (Fsp3) is 0.318. The largest absolute Gasteiger partial charge is 0.378 e. The number of anilines is 1. The molecule has 0 radical (unpaired) electrons. The van der Waals surface area contributed by atoms with E-state index in [2.05, 4.69) is 15.2 Å². The first-order valence-corrected chi connectivity index (χ1v) is 9.76. The standard InChI is InChI=1S/C22H24FN5O/c1-27(2)19-5-3-4-17(14-19)22(29)28-12-10-16(11-13-28)21-24-20(25-26-21)15-6-8-18(23)9-7-15/h3-9,14,16H,10-13H2,1-2H3,(H,24,25,26). The van der Waals surface area contributed by atoms with Crippen LogP contribution in [-0.2, 0) is 0 Å². The number of aromatic nitrogens is 3. The number of piperidine rings is 1. The summed E-state index contributed by atoms with van der Waals surface area (Å²) in [6.07, 6.45) is 1.66. The van der Waals surface area contributed by atoms with Crippen molar-refractivity contribution >= 4 is 11.6 Å². The van der Waals surface area contributed by atoms with Gasteiger partial charge in [0, 0.05) is 49.9 Å². The third kappa shape index (κ3) is 4.13. The highest BCUT2D eigenvalue weighted by Crippen LogP contribution is 2.28. The van der Waals surface area contributed by atoms with Crippen LogP contribution in [0.5, 0.6) is 0 Å². The minimum Gasteiger partial charge on any atom is -0.378 e. The maximum absolute atomic E-state index is 13.1. The zero-order valence-corrected chi connectivity index (χ0v) is 16.6. The third-order valence-corrected chi connectivity index (χ3v) is 5.38. The van der Waals surface area contributed by atoms with E-state index < -0.39 is 0 Å². The van der Waals surface area contributed by atoms with Crippen molar-refractivity contribution in [2.24, 2.45) is 0 Å². The average Bonchev–Trinajstić information content (AvgIpc) is 3.24. The molecule has 3 aromatic rings. The van der Waals surface area contributed by atoms with Gasteiger partial charge in [0.25, 0.3) is 5.91 Å². The number of hydrogen-bond donors (Lipinski definition) is 1. The molecule has 6 nitrogen and oxygen atoms in total. The van der Waals surface area contributed by atoms with Crippen molar-refractivity contribution < 1.29 is 9.18 Å². The fourth-order valence-corrected chi connectivity index (χ4v) is 3.64. The number of nitrogens with zero attached hydrogens (tertiary/aromatic N) is 4. The Morgan fingerprint density at radius 1 is 1.14 bits per heavy atom. The number of benzene rings is 2. The summed E-state index contributed by atoms with van der Waals surface area (Å²) in [6, 6.07) is 13.9. The number of hydrogen-bond acceptors (Lipinski definition) is 4. The number of nitrogens with one attached hydrogen (secondary N) is 1. The molecule has 4 rings (SSSR count). The number of rotatable bonds is 4. The molecule has 0 bridgehead atoms. The monoisotopic (exact) mass is 393 g/mol. The highest BCUT2D eigenvalue weighted by Gasteiger charge is 2.27. The van der Waals surface area contributed by atoms with Crippen molar-refractivity contribution in [3.8, 4) is 11.4 Å². The van der Waals surface area contributed by atoms with E-state index in [9.17, 15) is 9.18 Å². The van der Waals surface area contributed by atoms with E-state index in [1.807, 2.05) is 48.2 Å². The van der Waals surface area contributed by atoms with Crippen molar-refractivity contribution in [1.29, 1.82) is 0 Å². The van der Waals surface area contributed by atoms with Gasteiger partial charge in [-0.1, -0.05) is 6.07 Å². The summed E-state index contributed by atoms with van der Waals surface area (Å²) in [6.45, 7) is 1.37. The Kier molecular flexibility index (Phi) is 5.29. The summed E-state index contributed by atoms with van der Waals surface area (Å²) < 4.78 is 13.1. The van der Waals surface area contributed by atoms with Gasteiger partial charge in [0.1, 0.15) is 11.6 Å². The van der Waals surface area contributed by atoms with Crippen LogP contribution < -0.4 is 4.90 Å². The normalized spacial score (nSPS) is 14.8. The summed E-state index contributed by atoms with van der Waals surface area (Å²) in [5.74, 6) is 1.41. The van der Waals surface area contributed by atoms with Gasteiger partial charge in [-0.2, -0.15) is 5.10 Å². The minimum absolute atomic E-state index is 0.0664. The van der Waals surface area contributed by atoms with Crippen molar-refractivity contribution in [2.75, 3.05) is 32.1 Å². The molecule has 0 spiro atoms. The smallest absolute Gasteiger partial charge is 0.253 e. The van der Waals surface area contributed by atoms with Crippen LogP contribution in [0.4, 0.5) is 10.1 Å². The lowest BCUT2D eigenvalue weighted by Gasteiger charge is -2.31. The molecule has 29 heavy (non-hydrogen) atoms. The molecule has 1 aliphatic heterocycles. The van der Waals surface area contributed by atoms with E-state index in [1.165, 1.54) is 12.1 Å². The van der Waals surface area contributed by atoms with Crippen molar-refractivity contribution in [3.05, 3.63) is 65.7 Å². The lowest BCUT2D eigenvalue weighted by atomic mass is 9.95. The van der Waals surface area contributed by atoms with Crippen LogP contribution in [0.25, 0.3) is 11.4 Å². The predicted octanol–water partition coefficient (Wildman–Crippen LogP) is 3.70. The molecule has 0 atom stereocenters. The number of carbonyl (C=O) groups is 1. The van der Waals surface area contributed by atoms with Crippen LogP contribution in [0.15, 0.2) is 48.5 Å². The molecule has 1 saturated heterocycles. The highest BCUT2D eigenvalue weighted by molar-refractivity contribution is 5.95. The van der Waals surface area contributed by atoms with E-state index in [-0.39, 0.29) is 17.6 Å². The Balaban J connectivity index is 1.40. The quantitative estimate of drug-likeness (QED) is 0.734. The molecular formula is C22H24FN5O. The van der Waals surface area contributed by atoms with Gasteiger partial charge in [0.15, 0.2) is 5.82 Å². The molecule has 150 valence electrons. The Morgan fingerprint density at radius 2 is 1.86 bits per heavy atom. The summed E-state index contributed by atoms with van der Waals surface area (Å²) >= 11 is 0. The van der Waals surface area contributed by atoms with Crippen LogP contribution in [0.1, 0.15) is 34.9 Å². The number of amides is 1. The van der Waals surface area contributed by atoms with E-state index in [0.717, 1.165) is 29.9 Å². The molecule has 7 heteroatoms. The first-order valence-electron chi connectivity index (χ1n) is 9.76. The van der Waals surface area contributed by atoms with Crippen LogP contribution >= 0.6 is 0 Å². The second-order valence-electron chi connectivity index (χ2n) is 7.56. The summed E-state index contributed by atoms with van der Waals surface area (Å²) in [4.78, 5) is 21.4. The van der Waals surface area contributed by atoms with Gasteiger partial charge in [-0.3, -0.25) is 9.89 Å². The Hall–Kier alpha value is -3.22. The first kappa shape index (κ1) is 19.1. The lowest BCUT2D eigenvalue weighted by Crippen LogP contribution is -2.38. The van der Waals surface area contributed by atoms with E-state index in [1.54, 1.807) is 12.1 Å². The van der Waals surface area contributed by atoms with Gasteiger partial charge in [0.05, 0.1) is 0 Å². The highest BCUT2D eigenvalue weighted by atomic mass is 19.1. The topological polar surface area (TPSA) is 65.1 Å². The molecule has 1 N–H and O–H groups in total. The maximum Gasteiger partial charge on any atom is 0.253 e. The lowest BCUT2D eigenvalue weighted by molar-refractivity contribution is 0.0711. The maximum atomic E-state index is 13.1. The van der Waals surface area contributed by atoms with Crippen LogP contribution in [-0.4, -0.2) is 53.2 Å². The van der Waals surface area contributed by atoms with Crippen LogP contribution in [0.2, 0.25) is 0 Å². The van der Waals surface area contributed by atoms with Crippen LogP contribution in [0, 0.1) is 5.82 Å². The van der Waals surface area contributed by atoms with Gasteiger partial charge < -0.3 is 9.80 Å². The zero-order chi connectivity index (χ0) is 20.4. The molecule has 1 fully saturated rings. The molecular weight excluding hydrogens is 369 g/mol. The molecule has 1 aromatic heterocycles. The molecule has 2 heterocycles. The molecule has 0 saturated carbocycles. The molecule has 0 unspecified atom stereocenters. The summed E-state index contributed by atoms with van der Waals surface area (Å²) in [5.41, 5.74) is 2.51. The molecule has 1 amide bonds. The Morgan fingerprint density at radius 3 is 2.55 bits per heavy atom. The minimum atomic E-state index is -0.280. The second kappa shape index (κ2) is 8.03. The Labute approximate surface area is 169 Å². The predicted molar refractivity (Wildman–Crippen MR) is 110 cm³/mol. The molecule has 2 aromatic carbocycles. The van der Waals surface area contributed by atoms with E-state index >= 15 is 0 Å². The van der Waals surface area contributed by atoms with Gasteiger partial charge in [-0.15, -0.1) is 0 Å². The van der Waals surface area contributed by atoms with Gasteiger partial charge >= 0.3 is 0 Å². The Bertz CT molecular complexity index is 990. The number of halogens is 1. The number of H-pyrrole nitrogens is 1. The third-order valence-electron chi connectivity index (χ3n) is 5.38. The SMILES string of the molecule is CN(C)c1cccc(C(=O)N2CCC(c3nc(-c4ccc(F)cc4)n[nH]3)CC2)c1. The molecule has 1 aliphatic rings. The zero-order valence-electron chi connectivity index (χ0n) is 16.6. The van der Waals surface area contributed by atoms with Gasteiger partial charge in [0.2, 0.25) is 0 Å². The van der Waals surface area contributed by atoms with Crippen molar-refractivity contribution in [3.63, 3.8) is 0 Å². The second-order valence-corrected chi connectivity index (χ2v) is 7.56. The van der Waals surface area contributed by atoms with Crippen LogP contribution in [0.3, 0.4) is 0 Å². The molecule has 0 aliphatic carbocycles. The summed E-state index contributed by atoms with van der Waals surface area (Å²) in [5, 5.41) is 7.30. The summed E-state index contributed by atoms with van der Waals surface area (Å²) in [7, 11) is 3.93. The van der Waals surface area contributed by atoms with E-state index in [0.29, 0.717) is 24.5 Å². The number of carbonyl (C=O) groups excluding carboxylic acids is 1. The van der Waals surface area contributed by atoms with Crippen molar-refractivity contribution in [1.82, 2.24) is 20.1 Å². The van der Waals surface area contributed by atoms with Crippen molar-refractivity contribution in [2.45, 2.75) is 18.8 Å². The van der Waals surface area contributed by atoms with Gasteiger partial charge in [-0.05, 0) is 55.3 Å².